The second-order valence-corrected chi connectivity index (χ2v) is 5.35. The number of aryl methyl sites for hydroxylation is 3. The molecule has 0 bridgehead atoms. The molecule has 2 rings (SSSR count). The number of nitrogens with zero attached hydrogens (tertiary/aromatic N) is 2. The molecule has 0 saturated heterocycles. The van der Waals surface area contributed by atoms with Crippen LogP contribution < -0.4 is 5.73 Å². The van der Waals surface area contributed by atoms with E-state index in [2.05, 4.69) is 45.1 Å². The maximum Gasteiger partial charge on any atom is 0.0960 e. The van der Waals surface area contributed by atoms with Gasteiger partial charge in [-0.1, -0.05) is 6.07 Å². The van der Waals surface area contributed by atoms with E-state index in [4.69, 9.17) is 5.73 Å². The van der Waals surface area contributed by atoms with Crippen LogP contribution >= 0.6 is 0 Å². The van der Waals surface area contributed by atoms with Crippen LogP contribution in [0.2, 0.25) is 0 Å². The molecule has 0 aliphatic carbocycles. The van der Waals surface area contributed by atoms with E-state index in [1.165, 1.54) is 33.4 Å². The van der Waals surface area contributed by atoms with Crippen LogP contribution in [0, 0.1) is 27.7 Å². The summed E-state index contributed by atoms with van der Waals surface area (Å²) in [5, 5.41) is 4.66. The molecule has 1 heterocycles. The van der Waals surface area contributed by atoms with Gasteiger partial charge in [-0.3, -0.25) is 4.68 Å². The van der Waals surface area contributed by atoms with E-state index < -0.39 is 0 Å². The van der Waals surface area contributed by atoms with Crippen molar-refractivity contribution in [1.29, 1.82) is 0 Å². The van der Waals surface area contributed by atoms with Crippen molar-refractivity contribution in [3.05, 3.63) is 40.1 Å². The van der Waals surface area contributed by atoms with Crippen molar-refractivity contribution in [2.24, 2.45) is 12.8 Å². The number of aromatic nitrogens is 2. The molecular formula is C16H23N3. The van der Waals surface area contributed by atoms with Crippen LogP contribution in [0.1, 0.15) is 27.8 Å². The highest BCUT2D eigenvalue weighted by Gasteiger charge is 2.16. The molecule has 0 saturated carbocycles. The first kappa shape index (κ1) is 13.8. The highest BCUT2D eigenvalue weighted by Crippen LogP contribution is 2.32. The van der Waals surface area contributed by atoms with Crippen LogP contribution in [0.4, 0.5) is 0 Å². The minimum atomic E-state index is 0.654. The molecule has 102 valence electrons. The van der Waals surface area contributed by atoms with Crippen LogP contribution in [-0.2, 0) is 13.5 Å². The Morgan fingerprint density at radius 1 is 1.11 bits per heavy atom. The monoisotopic (exact) mass is 257 g/mol. The quantitative estimate of drug-likeness (QED) is 0.919. The van der Waals surface area contributed by atoms with Crippen LogP contribution in [0.15, 0.2) is 12.3 Å². The second-order valence-electron chi connectivity index (χ2n) is 5.35. The van der Waals surface area contributed by atoms with Crippen molar-refractivity contribution in [1.82, 2.24) is 9.78 Å². The zero-order chi connectivity index (χ0) is 14.2. The summed E-state index contributed by atoms with van der Waals surface area (Å²) in [4.78, 5) is 0. The summed E-state index contributed by atoms with van der Waals surface area (Å²) in [5.74, 6) is 0. The number of benzene rings is 1. The van der Waals surface area contributed by atoms with Crippen molar-refractivity contribution in [3.8, 4) is 11.3 Å². The predicted molar refractivity (Wildman–Crippen MR) is 80.4 cm³/mol. The average molecular weight is 257 g/mol. The Bertz CT molecular complexity index is 583. The Morgan fingerprint density at radius 2 is 1.68 bits per heavy atom. The highest BCUT2D eigenvalue weighted by molar-refractivity contribution is 5.72. The van der Waals surface area contributed by atoms with Crippen LogP contribution in [0.25, 0.3) is 11.3 Å². The molecule has 0 amide bonds. The van der Waals surface area contributed by atoms with Crippen LogP contribution in [-0.4, -0.2) is 16.3 Å². The fraction of sp³-hybridized carbons (Fsp3) is 0.438. The Labute approximate surface area is 115 Å². The third-order valence-electron chi connectivity index (χ3n) is 3.92. The third kappa shape index (κ3) is 2.43. The van der Waals surface area contributed by atoms with Gasteiger partial charge in [-0.05, 0) is 68.5 Å². The van der Waals surface area contributed by atoms with Gasteiger partial charge in [-0.15, -0.1) is 0 Å². The van der Waals surface area contributed by atoms with E-state index in [1.54, 1.807) is 0 Å². The summed E-state index contributed by atoms with van der Waals surface area (Å²) in [6.45, 7) is 9.34. The van der Waals surface area contributed by atoms with Crippen LogP contribution in [0.5, 0.6) is 0 Å². The summed E-state index contributed by atoms with van der Waals surface area (Å²) in [6, 6.07) is 2.25. The molecule has 1 aromatic carbocycles. The molecule has 0 unspecified atom stereocenters. The van der Waals surface area contributed by atoms with E-state index in [1.807, 2.05) is 11.7 Å². The van der Waals surface area contributed by atoms with Gasteiger partial charge < -0.3 is 5.73 Å². The van der Waals surface area contributed by atoms with E-state index in [9.17, 15) is 0 Å². The SMILES string of the molecule is Cc1cc(C)c(C)c(-c2nn(C)cc2CCN)c1C. The molecule has 2 aromatic rings. The number of hydrogen-bond donors (Lipinski definition) is 1. The topological polar surface area (TPSA) is 43.8 Å². The largest absolute Gasteiger partial charge is 0.330 e. The Balaban J connectivity index is 2.71. The molecule has 0 spiro atoms. The summed E-state index contributed by atoms with van der Waals surface area (Å²) in [5.41, 5.74) is 14.6. The third-order valence-corrected chi connectivity index (χ3v) is 3.92. The lowest BCUT2D eigenvalue weighted by Crippen LogP contribution is -2.04. The average Bonchev–Trinajstić information content (AvgIpc) is 2.69. The first-order valence-corrected chi connectivity index (χ1v) is 6.76. The van der Waals surface area contributed by atoms with Crippen molar-refractivity contribution in [2.45, 2.75) is 34.1 Å². The summed E-state index contributed by atoms with van der Waals surface area (Å²) < 4.78 is 1.89. The molecule has 1 aromatic heterocycles. The van der Waals surface area contributed by atoms with Gasteiger partial charge in [0.2, 0.25) is 0 Å². The Morgan fingerprint density at radius 3 is 2.21 bits per heavy atom. The van der Waals surface area contributed by atoms with E-state index >= 15 is 0 Å². The van der Waals surface area contributed by atoms with E-state index in [-0.39, 0.29) is 0 Å². The number of nitrogens with two attached hydrogens (primary N) is 1. The fourth-order valence-corrected chi connectivity index (χ4v) is 2.66. The zero-order valence-electron chi connectivity index (χ0n) is 12.5. The molecule has 3 heteroatoms. The first-order chi connectivity index (χ1) is 8.95. The lowest BCUT2D eigenvalue weighted by Gasteiger charge is -2.14. The highest BCUT2D eigenvalue weighted by atomic mass is 15.3. The molecule has 3 nitrogen and oxygen atoms in total. The molecule has 0 fully saturated rings. The van der Waals surface area contributed by atoms with E-state index in [0.29, 0.717) is 6.54 Å². The van der Waals surface area contributed by atoms with Crippen molar-refractivity contribution in [3.63, 3.8) is 0 Å². The molecule has 0 radical (unpaired) electrons. The Hall–Kier alpha value is -1.61. The lowest BCUT2D eigenvalue weighted by molar-refractivity contribution is 0.769. The van der Waals surface area contributed by atoms with Gasteiger partial charge in [0.25, 0.3) is 0 Å². The van der Waals surface area contributed by atoms with Gasteiger partial charge in [0.1, 0.15) is 0 Å². The Kier molecular flexibility index (Phi) is 3.76. The molecule has 0 aliphatic heterocycles. The van der Waals surface area contributed by atoms with E-state index in [0.717, 1.165) is 12.1 Å². The second kappa shape index (κ2) is 5.17. The van der Waals surface area contributed by atoms with Gasteiger partial charge in [0, 0.05) is 18.8 Å². The van der Waals surface area contributed by atoms with Crippen molar-refractivity contribution >= 4 is 0 Å². The molecule has 19 heavy (non-hydrogen) atoms. The normalized spacial score (nSPS) is 11.1. The summed E-state index contributed by atoms with van der Waals surface area (Å²) >= 11 is 0. The molecule has 2 N–H and O–H groups in total. The summed E-state index contributed by atoms with van der Waals surface area (Å²) in [7, 11) is 1.97. The first-order valence-electron chi connectivity index (χ1n) is 6.76. The maximum atomic E-state index is 5.72. The molecule has 0 aliphatic rings. The zero-order valence-corrected chi connectivity index (χ0v) is 12.5. The van der Waals surface area contributed by atoms with Gasteiger partial charge >= 0.3 is 0 Å². The molecular weight excluding hydrogens is 234 g/mol. The number of hydrogen-bond acceptors (Lipinski definition) is 2. The minimum absolute atomic E-state index is 0.654. The molecule has 0 atom stereocenters. The smallest absolute Gasteiger partial charge is 0.0960 e. The van der Waals surface area contributed by atoms with Gasteiger partial charge in [-0.25, -0.2) is 0 Å². The van der Waals surface area contributed by atoms with Gasteiger partial charge in [0.05, 0.1) is 5.69 Å². The maximum absolute atomic E-state index is 5.72. The predicted octanol–water partition coefficient (Wildman–Crippen LogP) is 2.82. The summed E-state index contributed by atoms with van der Waals surface area (Å²) in [6.07, 6.45) is 2.95. The fourth-order valence-electron chi connectivity index (χ4n) is 2.66. The van der Waals surface area contributed by atoms with Crippen molar-refractivity contribution in [2.75, 3.05) is 6.54 Å². The van der Waals surface area contributed by atoms with Gasteiger partial charge in [-0.2, -0.15) is 5.10 Å². The standard InChI is InChI=1S/C16H23N3/c1-10-8-11(2)13(4)15(12(10)3)16-14(6-7-17)9-19(5)18-16/h8-9H,6-7,17H2,1-5H3. The minimum Gasteiger partial charge on any atom is -0.330 e. The van der Waals surface area contributed by atoms with Crippen LogP contribution in [0.3, 0.4) is 0 Å². The lowest BCUT2D eigenvalue weighted by atomic mass is 9.90. The van der Waals surface area contributed by atoms with Gasteiger partial charge in [0.15, 0.2) is 0 Å². The van der Waals surface area contributed by atoms with Crippen molar-refractivity contribution < 1.29 is 0 Å². The number of rotatable bonds is 3.